The van der Waals surface area contributed by atoms with Gasteiger partial charge in [0.1, 0.15) is 17.7 Å². The molecule has 0 aromatic carbocycles. The van der Waals surface area contributed by atoms with E-state index >= 15 is 0 Å². The van der Waals surface area contributed by atoms with Crippen molar-refractivity contribution >= 4 is 5.96 Å². The maximum absolute atomic E-state index is 8.61. The maximum Gasteiger partial charge on any atom is 0.202 e. The van der Waals surface area contributed by atoms with Gasteiger partial charge in [0.25, 0.3) is 0 Å². The number of aliphatic imine (C=N–C) groups is 1. The Kier molecular flexibility index (Phi) is 2.71. The van der Waals surface area contributed by atoms with Crippen molar-refractivity contribution in [2.24, 2.45) is 4.99 Å². The molecule has 2 aliphatic rings. The van der Waals surface area contributed by atoms with Crippen LogP contribution in [-0.4, -0.2) is 23.9 Å². The van der Waals surface area contributed by atoms with Gasteiger partial charge >= 0.3 is 0 Å². The molecule has 78 valence electrons. The molecule has 2 heterocycles. The highest BCUT2D eigenvalue weighted by Gasteiger charge is 2.20. The van der Waals surface area contributed by atoms with Crippen molar-refractivity contribution in [1.29, 1.82) is 10.5 Å². The standard InChI is InChI=1S/C11H9N5/c12-7-9(8-13)1-2-10-3-4-14-11-15-5-6-16(10)11/h1-4H,5-6H2,(H,14,15). The number of nitriles is 2. The molecular weight excluding hydrogens is 202 g/mol. The van der Waals surface area contributed by atoms with Crippen molar-refractivity contribution in [3.63, 3.8) is 0 Å². The molecule has 0 bridgehead atoms. The molecule has 2 aliphatic heterocycles. The number of hydrogen-bond acceptors (Lipinski definition) is 5. The van der Waals surface area contributed by atoms with E-state index in [-0.39, 0.29) is 5.57 Å². The predicted molar refractivity (Wildman–Crippen MR) is 58.7 cm³/mol. The summed E-state index contributed by atoms with van der Waals surface area (Å²) in [5.74, 6) is 0.817. The lowest BCUT2D eigenvalue weighted by molar-refractivity contribution is 0.557. The lowest BCUT2D eigenvalue weighted by Gasteiger charge is -2.24. The van der Waals surface area contributed by atoms with Crippen LogP contribution in [0.5, 0.6) is 0 Å². The fourth-order valence-electron chi connectivity index (χ4n) is 1.53. The van der Waals surface area contributed by atoms with Crippen LogP contribution < -0.4 is 5.32 Å². The Hall–Kier alpha value is -2.53. The highest BCUT2D eigenvalue weighted by Crippen LogP contribution is 2.14. The second-order valence-electron chi connectivity index (χ2n) is 3.23. The van der Waals surface area contributed by atoms with E-state index in [4.69, 9.17) is 10.5 Å². The Morgan fingerprint density at radius 2 is 2.31 bits per heavy atom. The molecule has 2 rings (SSSR count). The van der Waals surface area contributed by atoms with E-state index in [9.17, 15) is 0 Å². The Balaban J connectivity index is 2.25. The zero-order valence-electron chi connectivity index (χ0n) is 8.51. The van der Waals surface area contributed by atoms with Gasteiger partial charge in [0.2, 0.25) is 5.96 Å². The van der Waals surface area contributed by atoms with Crippen LogP contribution in [0.4, 0.5) is 0 Å². The van der Waals surface area contributed by atoms with Crippen LogP contribution >= 0.6 is 0 Å². The van der Waals surface area contributed by atoms with E-state index in [0.717, 1.165) is 24.7 Å². The zero-order valence-corrected chi connectivity index (χ0v) is 8.51. The highest BCUT2D eigenvalue weighted by molar-refractivity contribution is 5.86. The third kappa shape index (κ3) is 1.79. The number of fused-ring (bicyclic) bond motifs is 1. The monoisotopic (exact) mass is 211 g/mol. The summed E-state index contributed by atoms with van der Waals surface area (Å²) in [6, 6.07) is 3.64. The Bertz CT molecular complexity index is 479. The molecule has 5 nitrogen and oxygen atoms in total. The smallest absolute Gasteiger partial charge is 0.202 e. The molecule has 16 heavy (non-hydrogen) atoms. The maximum atomic E-state index is 8.61. The summed E-state index contributed by atoms with van der Waals surface area (Å²) in [7, 11) is 0. The number of rotatable bonds is 1. The second kappa shape index (κ2) is 4.33. The Labute approximate surface area is 93.3 Å². The first kappa shape index (κ1) is 10.0. The van der Waals surface area contributed by atoms with Gasteiger partial charge in [0, 0.05) is 18.4 Å². The van der Waals surface area contributed by atoms with E-state index in [0.29, 0.717) is 0 Å². The molecule has 0 amide bonds. The number of nitrogens with one attached hydrogen (secondary N) is 1. The molecule has 0 aliphatic carbocycles. The lowest BCUT2D eigenvalue weighted by atomic mass is 10.2. The van der Waals surface area contributed by atoms with E-state index < -0.39 is 0 Å². The molecule has 0 spiro atoms. The van der Waals surface area contributed by atoms with Crippen LogP contribution in [0.1, 0.15) is 0 Å². The van der Waals surface area contributed by atoms with Gasteiger partial charge < -0.3 is 10.2 Å². The first-order valence-electron chi connectivity index (χ1n) is 4.82. The van der Waals surface area contributed by atoms with Crippen LogP contribution in [0.15, 0.2) is 40.7 Å². The topological polar surface area (TPSA) is 75.2 Å². The molecule has 0 saturated carbocycles. The van der Waals surface area contributed by atoms with Gasteiger partial charge in [0.15, 0.2) is 0 Å². The number of hydrogen-bond donors (Lipinski definition) is 1. The van der Waals surface area contributed by atoms with E-state index in [1.807, 2.05) is 23.1 Å². The number of guanidine groups is 1. The number of nitrogens with zero attached hydrogens (tertiary/aromatic N) is 4. The molecule has 5 heteroatoms. The summed E-state index contributed by atoms with van der Waals surface area (Å²) in [4.78, 5) is 6.27. The van der Waals surface area contributed by atoms with Gasteiger partial charge in [0.05, 0.1) is 6.54 Å². The third-order valence-electron chi connectivity index (χ3n) is 2.28. The second-order valence-corrected chi connectivity index (χ2v) is 3.23. The predicted octanol–water partition coefficient (Wildman–Crippen LogP) is 0.632. The molecule has 0 fully saturated rings. The van der Waals surface area contributed by atoms with Gasteiger partial charge in [-0.05, 0) is 18.2 Å². The molecule has 0 aromatic rings. The summed E-state index contributed by atoms with van der Waals surface area (Å²) in [5, 5.41) is 20.2. The first-order valence-corrected chi connectivity index (χ1v) is 4.82. The van der Waals surface area contributed by atoms with Gasteiger partial charge in [-0.2, -0.15) is 10.5 Å². The molecule has 0 unspecified atom stereocenters. The lowest BCUT2D eigenvalue weighted by Crippen LogP contribution is -2.37. The Morgan fingerprint density at radius 1 is 1.50 bits per heavy atom. The van der Waals surface area contributed by atoms with Crippen molar-refractivity contribution in [2.45, 2.75) is 0 Å². The molecule has 0 atom stereocenters. The summed E-state index contributed by atoms with van der Waals surface area (Å²) in [6.07, 6.45) is 6.94. The quantitative estimate of drug-likeness (QED) is 0.645. The average molecular weight is 211 g/mol. The fraction of sp³-hybridized carbons (Fsp3) is 0.182. The van der Waals surface area contributed by atoms with Gasteiger partial charge in [-0.15, -0.1) is 0 Å². The van der Waals surface area contributed by atoms with Crippen molar-refractivity contribution in [1.82, 2.24) is 10.2 Å². The SMILES string of the molecule is N#CC(C#N)=CC=C1C=CNC2=NCCN12. The Morgan fingerprint density at radius 3 is 3.06 bits per heavy atom. The van der Waals surface area contributed by atoms with Gasteiger partial charge in [-0.3, -0.25) is 4.99 Å². The minimum Gasteiger partial charge on any atom is -0.332 e. The molecule has 0 aromatic heterocycles. The summed E-state index contributed by atoms with van der Waals surface area (Å²) >= 11 is 0. The van der Waals surface area contributed by atoms with E-state index in [1.165, 1.54) is 6.08 Å². The highest BCUT2D eigenvalue weighted by atomic mass is 15.3. The summed E-state index contributed by atoms with van der Waals surface area (Å²) in [5.41, 5.74) is 1.02. The zero-order chi connectivity index (χ0) is 11.4. The largest absolute Gasteiger partial charge is 0.332 e. The summed E-state index contributed by atoms with van der Waals surface area (Å²) in [6.45, 7) is 1.58. The van der Waals surface area contributed by atoms with Gasteiger partial charge in [-0.25, -0.2) is 0 Å². The third-order valence-corrected chi connectivity index (χ3v) is 2.28. The van der Waals surface area contributed by atoms with E-state index in [2.05, 4.69) is 10.3 Å². The van der Waals surface area contributed by atoms with Crippen molar-refractivity contribution in [2.75, 3.05) is 13.1 Å². The van der Waals surface area contributed by atoms with Crippen molar-refractivity contribution in [3.05, 3.63) is 35.7 Å². The fourth-order valence-corrected chi connectivity index (χ4v) is 1.53. The number of allylic oxidation sites excluding steroid dienone is 4. The first-order chi connectivity index (χ1) is 7.85. The minimum atomic E-state index is 0.0946. The van der Waals surface area contributed by atoms with Crippen LogP contribution in [0.3, 0.4) is 0 Å². The molecule has 0 radical (unpaired) electrons. The van der Waals surface area contributed by atoms with Crippen molar-refractivity contribution < 1.29 is 0 Å². The average Bonchev–Trinajstić information content (AvgIpc) is 2.79. The van der Waals surface area contributed by atoms with Crippen LogP contribution in [0, 0.1) is 22.7 Å². The molecular formula is C11H9N5. The normalized spacial score (nSPS) is 19.2. The molecule has 0 saturated heterocycles. The van der Waals surface area contributed by atoms with Gasteiger partial charge in [-0.1, -0.05) is 0 Å². The van der Waals surface area contributed by atoms with Crippen LogP contribution in [-0.2, 0) is 0 Å². The summed E-state index contributed by atoms with van der Waals surface area (Å²) < 4.78 is 0. The molecule has 1 N–H and O–H groups in total. The minimum absolute atomic E-state index is 0.0946. The van der Waals surface area contributed by atoms with Crippen LogP contribution in [0.25, 0.3) is 0 Å². The van der Waals surface area contributed by atoms with Crippen molar-refractivity contribution in [3.8, 4) is 12.1 Å². The van der Waals surface area contributed by atoms with E-state index in [1.54, 1.807) is 12.3 Å². The van der Waals surface area contributed by atoms with Crippen LogP contribution in [0.2, 0.25) is 0 Å².